The summed E-state index contributed by atoms with van der Waals surface area (Å²) in [7, 11) is 0. The Morgan fingerprint density at radius 2 is 2.14 bits per heavy atom. The second-order valence-corrected chi connectivity index (χ2v) is 5.68. The Hall–Kier alpha value is -1.85. The SMILES string of the molecule is CC(C(=O)c1cnn(C(=N)C(F)C=N)c1)C1CCCCC1. The molecule has 1 saturated carbocycles. The lowest BCUT2D eigenvalue weighted by Gasteiger charge is -2.26. The second-order valence-electron chi connectivity index (χ2n) is 5.68. The van der Waals surface area contributed by atoms with Gasteiger partial charge in [-0.2, -0.15) is 5.10 Å². The largest absolute Gasteiger partial charge is 0.310 e. The van der Waals surface area contributed by atoms with Crippen LogP contribution in [0.25, 0.3) is 0 Å². The smallest absolute Gasteiger partial charge is 0.193 e. The fourth-order valence-electron chi connectivity index (χ4n) is 2.90. The topological polar surface area (TPSA) is 82.6 Å². The summed E-state index contributed by atoms with van der Waals surface area (Å²) in [6.45, 7) is 1.94. The van der Waals surface area contributed by atoms with Gasteiger partial charge in [0.05, 0.1) is 11.8 Å². The molecule has 0 aromatic carbocycles. The minimum atomic E-state index is -1.80. The lowest BCUT2D eigenvalue weighted by atomic mass is 9.78. The van der Waals surface area contributed by atoms with Crippen molar-refractivity contribution < 1.29 is 9.18 Å². The van der Waals surface area contributed by atoms with Crippen molar-refractivity contribution in [2.75, 3.05) is 0 Å². The molecule has 0 bridgehead atoms. The average molecular weight is 292 g/mol. The third kappa shape index (κ3) is 3.43. The molecule has 1 aromatic heterocycles. The standard InChI is InChI=1S/C15H21FN4O/c1-10(11-5-3-2-4-6-11)14(21)12-8-19-20(9-12)15(18)13(16)7-17/h7-11,13,17-18H,2-6H2,1H3. The van der Waals surface area contributed by atoms with Gasteiger partial charge in [-0.25, -0.2) is 9.07 Å². The predicted octanol–water partition coefficient (Wildman–Crippen LogP) is 3.10. The Balaban J connectivity index is 2.07. The molecule has 2 atom stereocenters. The summed E-state index contributed by atoms with van der Waals surface area (Å²) >= 11 is 0. The van der Waals surface area contributed by atoms with E-state index in [4.69, 9.17) is 10.8 Å². The number of hydrogen-bond donors (Lipinski definition) is 2. The van der Waals surface area contributed by atoms with Gasteiger partial charge < -0.3 is 5.41 Å². The van der Waals surface area contributed by atoms with E-state index < -0.39 is 12.0 Å². The van der Waals surface area contributed by atoms with E-state index in [0.29, 0.717) is 17.7 Å². The van der Waals surface area contributed by atoms with Gasteiger partial charge in [0, 0.05) is 18.3 Å². The van der Waals surface area contributed by atoms with Crippen LogP contribution < -0.4 is 0 Å². The molecule has 2 unspecified atom stereocenters. The first-order chi connectivity index (χ1) is 10.0. The molecule has 0 aliphatic heterocycles. The van der Waals surface area contributed by atoms with Gasteiger partial charge in [-0.05, 0) is 18.8 Å². The molecule has 2 rings (SSSR count). The van der Waals surface area contributed by atoms with Crippen molar-refractivity contribution in [1.82, 2.24) is 9.78 Å². The molecule has 2 N–H and O–H groups in total. The summed E-state index contributed by atoms with van der Waals surface area (Å²) in [5.41, 5.74) is 0.412. The molecule has 21 heavy (non-hydrogen) atoms. The van der Waals surface area contributed by atoms with Crippen LogP contribution in [0.1, 0.15) is 49.4 Å². The molecule has 0 radical (unpaired) electrons. The van der Waals surface area contributed by atoms with Crippen molar-refractivity contribution in [3.8, 4) is 0 Å². The molecule has 1 fully saturated rings. The van der Waals surface area contributed by atoms with Crippen molar-refractivity contribution in [2.24, 2.45) is 11.8 Å². The summed E-state index contributed by atoms with van der Waals surface area (Å²) in [6.07, 6.45) is 7.26. The Morgan fingerprint density at radius 3 is 2.76 bits per heavy atom. The maximum Gasteiger partial charge on any atom is 0.193 e. The number of hydrogen-bond acceptors (Lipinski definition) is 4. The van der Waals surface area contributed by atoms with Crippen molar-refractivity contribution in [3.63, 3.8) is 0 Å². The zero-order valence-electron chi connectivity index (χ0n) is 12.2. The summed E-state index contributed by atoms with van der Waals surface area (Å²) in [5.74, 6) is -0.105. The first kappa shape index (κ1) is 15.5. The van der Waals surface area contributed by atoms with Crippen molar-refractivity contribution in [1.29, 1.82) is 10.8 Å². The van der Waals surface area contributed by atoms with Crippen LogP contribution in [0.2, 0.25) is 0 Å². The molecule has 0 saturated heterocycles. The number of ketones is 1. The van der Waals surface area contributed by atoms with Crippen molar-refractivity contribution in [3.05, 3.63) is 18.0 Å². The molecule has 114 valence electrons. The summed E-state index contributed by atoms with van der Waals surface area (Å²) in [4.78, 5) is 12.5. The highest BCUT2D eigenvalue weighted by molar-refractivity contribution is 6.00. The Bertz CT molecular complexity index is 534. The van der Waals surface area contributed by atoms with Crippen molar-refractivity contribution in [2.45, 2.75) is 45.2 Å². The van der Waals surface area contributed by atoms with Crippen LogP contribution >= 0.6 is 0 Å². The summed E-state index contributed by atoms with van der Waals surface area (Å²) in [6, 6.07) is 0. The minimum Gasteiger partial charge on any atom is -0.310 e. The molecule has 0 spiro atoms. The van der Waals surface area contributed by atoms with Gasteiger partial charge in [0.1, 0.15) is 0 Å². The number of rotatable bonds is 5. The quantitative estimate of drug-likeness (QED) is 0.496. The molecule has 1 heterocycles. The van der Waals surface area contributed by atoms with Crippen LogP contribution in [0, 0.1) is 22.7 Å². The van der Waals surface area contributed by atoms with Crippen LogP contribution in [-0.4, -0.2) is 33.8 Å². The number of carbonyl (C=O) groups excluding carboxylic acids is 1. The molecular weight excluding hydrogens is 271 g/mol. The zero-order chi connectivity index (χ0) is 15.4. The van der Waals surface area contributed by atoms with Crippen LogP contribution in [0.5, 0.6) is 0 Å². The zero-order valence-corrected chi connectivity index (χ0v) is 12.2. The Labute approximate surface area is 123 Å². The van der Waals surface area contributed by atoms with E-state index in [1.807, 2.05) is 6.92 Å². The summed E-state index contributed by atoms with van der Waals surface area (Å²) in [5, 5.41) is 18.3. The van der Waals surface area contributed by atoms with Crippen LogP contribution in [-0.2, 0) is 0 Å². The maximum absolute atomic E-state index is 13.3. The van der Waals surface area contributed by atoms with Gasteiger partial charge in [-0.15, -0.1) is 0 Å². The highest BCUT2D eigenvalue weighted by Crippen LogP contribution is 2.31. The number of nitrogens with one attached hydrogen (secondary N) is 2. The van der Waals surface area contributed by atoms with E-state index in [9.17, 15) is 9.18 Å². The first-order valence-electron chi connectivity index (χ1n) is 7.37. The summed E-state index contributed by atoms with van der Waals surface area (Å²) < 4.78 is 14.3. The normalized spacial score (nSPS) is 19.0. The molecule has 6 heteroatoms. The van der Waals surface area contributed by atoms with E-state index in [1.54, 1.807) is 0 Å². The number of aromatic nitrogens is 2. The molecule has 1 aromatic rings. The van der Waals surface area contributed by atoms with E-state index in [1.165, 1.54) is 31.7 Å². The van der Waals surface area contributed by atoms with Crippen LogP contribution in [0.4, 0.5) is 4.39 Å². The van der Waals surface area contributed by atoms with Crippen LogP contribution in [0.3, 0.4) is 0 Å². The fourth-order valence-corrected chi connectivity index (χ4v) is 2.90. The van der Waals surface area contributed by atoms with E-state index in [2.05, 4.69) is 5.10 Å². The van der Waals surface area contributed by atoms with Gasteiger partial charge in [-0.1, -0.05) is 26.2 Å². The third-order valence-corrected chi connectivity index (χ3v) is 4.29. The van der Waals surface area contributed by atoms with E-state index >= 15 is 0 Å². The van der Waals surface area contributed by atoms with E-state index in [0.717, 1.165) is 17.5 Å². The lowest BCUT2D eigenvalue weighted by Crippen LogP contribution is -2.25. The van der Waals surface area contributed by atoms with Gasteiger partial charge >= 0.3 is 0 Å². The Morgan fingerprint density at radius 1 is 1.48 bits per heavy atom. The number of alkyl halides is 1. The number of Topliss-reactive ketones (excluding diaryl/α,β-unsaturated/α-hetero) is 1. The molecule has 1 aliphatic rings. The van der Waals surface area contributed by atoms with Gasteiger partial charge in [0.2, 0.25) is 0 Å². The highest BCUT2D eigenvalue weighted by atomic mass is 19.1. The Kier molecular flexibility index (Phi) is 4.98. The van der Waals surface area contributed by atoms with E-state index in [-0.39, 0.29) is 11.7 Å². The molecular formula is C15H21FN4O. The highest BCUT2D eigenvalue weighted by Gasteiger charge is 2.27. The van der Waals surface area contributed by atoms with Gasteiger partial charge in [0.15, 0.2) is 17.8 Å². The number of carbonyl (C=O) groups is 1. The maximum atomic E-state index is 13.3. The third-order valence-electron chi connectivity index (χ3n) is 4.29. The monoisotopic (exact) mass is 292 g/mol. The van der Waals surface area contributed by atoms with Gasteiger partial charge in [-0.3, -0.25) is 10.2 Å². The average Bonchev–Trinajstić information content (AvgIpc) is 3.02. The number of nitrogens with zero attached hydrogens (tertiary/aromatic N) is 2. The lowest BCUT2D eigenvalue weighted by molar-refractivity contribution is 0.0864. The predicted molar refractivity (Wildman–Crippen MR) is 79.1 cm³/mol. The number of halogens is 1. The minimum absolute atomic E-state index is 0.00575. The van der Waals surface area contributed by atoms with Crippen LogP contribution in [0.15, 0.2) is 12.4 Å². The first-order valence-corrected chi connectivity index (χ1v) is 7.37. The molecule has 5 nitrogen and oxygen atoms in total. The van der Waals surface area contributed by atoms with Gasteiger partial charge in [0.25, 0.3) is 0 Å². The molecule has 1 aliphatic carbocycles. The fraction of sp³-hybridized carbons (Fsp3) is 0.600. The molecule has 0 amide bonds. The van der Waals surface area contributed by atoms with Crippen molar-refractivity contribution >= 4 is 17.8 Å². The second kappa shape index (κ2) is 6.74.